The lowest BCUT2D eigenvalue weighted by molar-refractivity contribution is 0.102. The Kier molecular flexibility index (Phi) is 4.08. The third-order valence-corrected chi connectivity index (χ3v) is 4.47. The summed E-state index contributed by atoms with van der Waals surface area (Å²) >= 11 is 0. The van der Waals surface area contributed by atoms with E-state index in [0.29, 0.717) is 22.3 Å². The molecule has 3 N–H and O–H groups in total. The molecule has 2 aromatic carbocycles. The van der Waals surface area contributed by atoms with E-state index in [1.165, 1.54) is 0 Å². The fourth-order valence-electron chi connectivity index (χ4n) is 3.01. The Balaban J connectivity index is 1.56. The number of benzene rings is 2. The van der Waals surface area contributed by atoms with Gasteiger partial charge in [0, 0.05) is 17.4 Å². The minimum Gasteiger partial charge on any atom is -0.322 e. The topological polar surface area (TPSA) is 90.6 Å². The van der Waals surface area contributed by atoms with Gasteiger partial charge in [-0.2, -0.15) is 0 Å². The molecule has 0 saturated carbocycles. The monoisotopic (exact) mass is 358 g/mol. The molecule has 0 saturated heterocycles. The highest BCUT2D eigenvalue weighted by Crippen LogP contribution is 2.23. The van der Waals surface area contributed by atoms with E-state index < -0.39 is 0 Å². The van der Waals surface area contributed by atoms with E-state index >= 15 is 0 Å². The number of anilines is 1. The van der Waals surface area contributed by atoms with Crippen LogP contribution in [0, 0.1) is 13.8 Å². The minimum atomic E-state index is -0.278. The van der Waals surface area contributed by atoms with Gasteiger partial charge in [-0.05, 0) is 55.8 Å². The summed E-state index contributed by atoms with van der Waals surface area (Å²) in [6.07, 6.45) is 1.57. The largest absolute Gasteiger partial charge is 0.323 e. The van der Waals surface area contributed by atoms with Gasteiger partial charge in [0.2, 0.25) is 0 Å². The molecule has 0 aliphatic carbocycles. The predicted molar refractivity (Wildman–Crippen MR) is 106 cm³/mol. The number of rotatable bonds is 3. The van der Waals surface area contributed by atoms with Gasteiger partial charge in [-0.3, -0.25) is 9.78 Å². The highest BCUT2D eigenvalue weighted by atomic mass is 16.2. The van der Waals surface area contributed by atoms with Crippen molar-refractivity contribution in [3.8, 4) is 11.3 Å². The van der Waals surface area contributed by atoms with Crippen molar-refractivity contribution in [2.45, 2.75) is 13.8 Å². The van der Waals surface area contributed by atoms with Gasteiger partial charge >= 0.3 is 5.69 Å². The summed E-state index contributed by atoms with van der Waals surface area (Å²) in [6, 6.07) is 15.0. The number of nitrogens with zero attached hydrogens (tertiary/aromatic N) is 1. The number of H-pyrrole nitrogens is 2. The van der Waals surface area contributed by atoms with E-state index in [1.807, 2.05) is 19.9 Å². The number of aromatic nitrogens is 3. The molecule has 0 unspecified atom stereocenters. The minimum absolute atomic E-state index is 0.257. The summed E-state index contributed by atoms with van der Waals surface area (Å²) in [4.78, 5) is 33.6. The molecule has 134 valence electrons. The van der Waals surface area contributed by atoms with E-state index in [-0.39, 0.29) is 11.6 Å². The fraction of sp³-hybridized carbons (Fsp3) is 0.0952. The molecule has 0 spiro atoms. The third-order valence-electron chi connectivity index (χ3n) is 4.47. The standard InChI is InChI=1S/C21H18N4O2/c1-12-3-4-13(2)16(9-12)17-7-5-14(11-22-17)20(26)23-15-6-8-18-19(10-15)25-21(27)24-18/h3-11H,1-2H3,(H,23,26)(H2,24,25,27). The van der Waals surface area contributed by atoms with Crippen LogP contribution in [0.2, 0.25) is 0 Å². The maximum Gasteiger partial charge on any atom is 0.323 e. The second kappa shape index (κ2) is 6.57. The van der Waals surface area contributed by atoms with Gasteiger partial charge in [0.15, 0.2) is 0 Å². The summed E-state index contributed by atoms with van der Waals surface area (Å²) in [6.45, 7) is 4.08. The lowest BCUT2D eigenvalue weighted by atomic mass is 10.0. The van der Waals surface area contributed by atoms with Gasteiger partial charge in [-0.1, -0.05) is 17.7 Å². The number of hydrogen-bond donors (Lipinski definition) is 3. The van der Waals surface area contributed by atoms with Crippen LogP contribution >= 0.6 is 0 Å². The van der Waals surface area contributed by atoms with Crippen molar-refractivity contribution in [1.29, 1.82) is 0 Å². The molecular weight excluding hydrogens is 340 g/mol. The molecule has 0 atom stereocenters. The van der Waals surface area contributed by atoms with Crippen LogP contribution in [0.1, 0.15) is 21.5 Å². The first kappa shape index (κ1) is 16.8. The van der Waals surface area contributed by atoms with Crippen molar-refractivity contribution in [3.05, 3.63) is 81.9 Å². The van der Waals surface area contributed by atoms with Crippen molar-refractivity contribution in [2.24, 2.45) is 0 Å². The number of aryl methyl sites for hydroxylation is 2. The highest BCUT2D eigenvalue weighted by Gasteiger charge is 2.10. The Labute approximate surface area is 155 Å². The Hall–Kier alpha value is -3.67. The van der Waals surface area contributed by atoms with Gasteiger partial charge in [-0.25, -0.2) is 4.79 Å². The molecule has 2 heterocycles. The summed E-state index contributed by atoms with van der Waals surface area (Å²) in [7, 11) is 0. The summed E-state index contributed by atoms with van der Waals surface area (Å²) < 4.78 is 0. The Morgan fingerprint density at radius 2 is 1.78 bits per heavy atom. The van der Waals surface area contributed by atoms with Gasteiger partial charge in [-0.15, -0.1) is 0 Å². The van der Waals surface area contributed by atoms with E-state index in [2.05, 4.69) is 38.5 Å². The van der Waals surface area contributed by atoms with Crippen LogP contribution < -0.4 is 11.0 Å². The van der Waals surface area contributed by atoms with E-state index in [0.717, 1.165) is 22.4 Å². The third kappa shape index (κ3) is 3.37. The number of hydrogen-bond acceptors (Lipinski definition) is 3. The number of pyridine rings is 1. The zero-order valence-corrected chi connectivity index (χ0v) is 15.0. The Morgan fingerprint density at radius 3 is 2.56 bits per heavy atom. The zero-order valence-electron chi connectivity index (χ0n) is 15.0. The molecule has 0 aliphatic rings. The van der Waals surface area contributed by atoms with Crippen LogP contribution in [0.25, 0.3) is 22.3 Å². The summed E-state index contributed by atoms with van der Waals surface area (Å²) in [5.41, 5.74) is 6.31. The quantitative estimate of drug-likeness (QED) is 0.520. The number of nitrogens with one attached hydrogen (secondary N) is 3. The SMILES string of the molecule is Cc1ccc(C)c(-c2ccc(C(=O)Nc3ccc4[nH]c(=O)[nH]c4c3)cn2)c1. The first-order chi connectivity index (χ1) is 13.0. The van der Waals surface area contributed by atoms with Crippen LogP contribution in [0.4, 0.5) is 5.69 Å². The smallest absolute Gasteiger partial charge is 0.322 e. The summed E-state index contributed by atoms with van der Waals surface area (Å²) in [5.74, 6) is -0.257. The van der Waals surface area contributed by atoms with E-state index in [4.69, 9.17) is 0 Å². The molecule has 6 nitrogen and oxygen atoms in total. The molecule has 0 fully saturated rings. The number of fused-ring (bicyclic) bond motifs is 1. The molecule has 6 heteroatoms. The molecular formula is C21H18N4O2. The molecule has 4 aromatic rings. The number of carbonyl (C=O) groups excluding carboxylic acids is 1. The molecule has 27 heavy (non-hydrogen) atoms. The Morgan fingerprint density at radius 1 is 0.963 bits per heavy atom. The molecule has 1 amide bonds. The lowest BCUT2D eigenvalue weighted by Crippen LogP contribution is -2.12. The summed E-state index contributed by atoms with van der Waals surface area (Å²) in [5, 5.41) is 2.82. The molecule has 0 aliphatic heterocycles. The average Bonchev–Trinajstić information content (AvgIpc) is 3.03. The molecule has 0 bridgehead atoms. The van der Waals surface area contributed by atoms with E-state index in [1.54, 1.807) is 30.5 Å². The van der Waals surface area contributed by atoms with Gasteiger partial charge in [0.1, 0.15) is 0 Å². The van der Waals surface area contributed by atoms with Crippen LogP contribution in [0.15, 0.2) is 59.5 Å². The van der Waals surface area contributed by atoms with Gasteiger partial charge in [0.25, 0.3) is 5.91 Å². The number of amides is 1. The van der Waals surface area contributed by atoms with Crippen molar-refractivity contribution < 1.29 is 4.79 Å². The van der Waals surface area contributed by atoms with Crippen LogP contribution in [0.3, 0.4) is 0 Å². The van der Waals surface area contributed by atoms with Crippen LogP contribution in [0.5, 0.6) is 0 Å². The second-order valence-electron chi connectivity index (χ2n) is 6.54. The first-order valence-electron chi connectivity index (χ1n) is 8.57. The van der Waals surface area contributed by atoms with Crippen LogP contribution in [-0.2, 0) is 0 Å². The van der Waals surface area contributed by atoms with Gasteiger partial charge in [0.05, 0.1) is 22.3 Å². The first-order valence-corrected chi connectivity index (χ1v) is 8.57. The lowest BCUT2D eigenvalue weighted by Gasteiger charge is -2.08. The average molecular weight is 358 g/mol. The second-order valence-corrected chi connectivity index (χ2v) is 6.54. The molecule has 4 rings (SSSR count). The molecule has 2 aromatic heterocycles. The normalized spacial score (nSPS) is 10.9. The van der Waals surface area contributed by atoms with Crippen molar-refractivity contribution in [1.82, 2.24) is 15.0 Å². The number of aromatic amines is 2. The van der Waals surface area contributed by atoms with Crippen molar-refractivity contribution >= 4 is 22.6 Å². The van der Waals surface area contributed by atoms with Gasteiger partial charge < -0.3 is 15.3 Å². The number of imidazole rings is 1. The zero-order chi connectivity index (χ0) is 19.0. The van der Waals surface area contributed by atoms with Crippen LogP contribution in [-0.4, -0.2) is 20.9 Å². The molecule has 0 radical (unpaired) electrons. The Bertz CT molecular complexity index is 1200. The maximum absolute atomic E-state index is 12.5. The predicted octanol–water partition coefficient (Wildman–Crippen LogP) is 3.79. The highest BCUT2D eigenvalue weighted by molar-refractivity contribution is 6.04. The van der Waals surface area contributed by atoms with Crippen molar-refractivity contribution in [3.63, 3.8) is 0 Å². The fourth-order valence-corrected chi connectivity index (χ4v) is 3.01. The number of carbonyl (C=O) groups is 1. The maximum atomic E-state index is 12.5. The van der Waals surface area contributed by atoms with E-state index in [9.17, 15) is 9.59 Å². The van der Waals surface area contributed by atoms with Crippen molar-refractivity contribution in [2.75, 3.05) is 5.32 Å².